The fraction of sp³-hybridized carbons (Fsp3) is 0.182. The number of rotatable bonds is 5. The van der Waals surface area contributed by atoms with E-state index in [1.54, 1.807) is 6.92 Å². The summed E-state index contributed by atoms with van der Waals surface area (Å²) in [5.41, 5.74) is -0.253. The summed E-state index contributed by atoms with van der Waals surface area (Å²) in [6.07, 6.45) is 1.06. The molecule has 0 saturated heterocycles. The van der Waals surface area contributed by atoms with Gasteiger partial charge < -0.3 is 0 Å². The Kier molecular flexibility index (Phi) is 4.93. The van der Waals surface area contributed by atoms with Crippen molar-refractivity contribution in [2.24, 2.45) is 0 Å². The molecule has 1 unspecified atom stereocenters. The molecule has 0 aliphatic rings. The second-order valence-electron chi connectivity index (χ2n) is 2.70. The summed E-state index contributed by atoms with van der Waals surface area (Å²) in [6.45, 7) is 5.06. The van der Waals surface area contributed by atoms with Gasteiger partial charge in [0.25, 0.3) is 0 Å². The average molecular weight is 224 g/mol. The first-order chi connectivity index (χ1) is 7.22. The molecule has 0 saturated carbocycles. The molecule has 0 aliphatic heterocycles. The summed E-state index contributed by atoms with van der Waals surface area (Å²) in [5.74, 6) is -0.587. The molecule has 0 amide bonds. The van der Waals surface area contributed by atoms with E-state index in [0.717, 1.165) is 11.0 Å². The van der Waals surface area contributed by atoms with Gasteiger partial charge in [-0.2, -0.15) is 4.89 Å². The van der Waals surface area contributed by atoms with Gasteiger partial charge in [-0.1, -0.05) is 36.5 Å². The molecule has 15 heavy (non-hydrogen) atoms. The molecule has 0 heterocycles. The zero-order chi connectivity index (χ0) is 11.1. The van der Waals surface area contributed by atoms with Crippen LogP contribution in [0.2, 0.25) is 0 Å². The fourth-order valence-electron chi connectivity index (χ4n) is 0.860. The number of benzene rings is 1. The molecule has 1 aromatic carbocycles. The normalized spacial score (nSPS) is 11.8. The molecule has 0 bridgehead atoms. The predicted molar refractivity (Wildman–Crippen MR) is 59.1 cm³/mol. The highest BCUT2D eigenvalue weighted by molar-refractivity contribution is 7.99. The number of hydrogen-bond donors (Lipinski definition) is 0. The van der Waals surface area contributed by atoms with Gasteiger partial charge >= 0.3 is 5.97 Å². The summed E-state index contributed by atoms with van der Waals surface area (Å²) < 4.78 is 0. The Labute approximate surface area is 93.0 Å². The highest BCUT2D eigenvalue weighted by Gasteiger charge is 2.07. The SMILES string of the molecule is C=CC(=O)OOC(C)Sc1ccccc1. The second-order valence-corrected chi connectivity index (χ2v) is 4.07. The summed E-state index contributed by atoms with van der Waals surface area (Å²) in [6, 6.07) is 9.72. The van der Waals surface area contributed by atoms with Gasteiger partial charge in [0, 0.05) is 11.0 Å². The van der Waals surface area contributed by atoms with Crippen molar-refractivity contribution in [3.8, 4) is 0 Å². The van der Waals surface area contributed by atoms with E-state index in [4.69, 9.17) is 4.89 Å². The molecule has 4 heteroatoms. The van der Waals surface area contributed by atoms with Gasteiger partial charge in [-0.25, -0.2) is 4.79 Å². The van der Waals surface area contributed by atoms with Gasteiger partial charge in [-0.05, 0) is 19.1 Å². The molecular weight excluding hydrogens is 212 g/mol. The number of thioether (sulfide) groups is 1. The maximum atomic E-state index is 10.7. The molecular formula is C11H12O3S. The smallest absolute Gasteiger partial charge is 0.292 e. The quantitative estimate of drug-likeness (QED) is 0.253. The summed E-state index contributed by atoms with van der Waals surface area (Å²) in [5, 5.41) is 0. The van der Waals surface area contributed by atoms with E-state index in [1.807, 2.05) is 30.3 Å². The van der Waals surface area contributed by atoms with Crippen LogP contribution < -0.4 is 0 Å². The van der Waals surface area contributed by atoms with E-state index in [0.29, 0.717) is 0 Å². The molecule has 1 rings (SSSR count). The summed E-state index contributed by atoms with van der Waals surface area (Å²) in [7, 11) is 0. The van der Waals surface area contributed by atoms with Crippen molar-refractivity contribution in [1.82, 2.24) is 0 Å². The fourth-order valence-corrected chi connectivity index (χ4v) is 1.64. The topological polar surface area (TPSA) is 35.5 Å². The van der Waals surface area contributed by atoms with E-state index < -0.39 is 5.97 Å². The molecule has 1 atom stereocenters. The lowest BCUT2D eigenvalue weighted by molar-refractivity contribution is -0.272. The number of carbonyl (C=O) groups excluding carboxylic acids is 1. The van der Waals surface area contributed by atoms with Crippen LogP contribution in [0.15, 0.2) is 47.9 Å². The molecule has 1 aromatic rings. The molecule has 3 nitrogen and oxygen atoms in total. The molecule has 0 fully saturated rings. The Bertz CT molecular complexity index is 324. The van der Waals surface area contributed by atoms with Crippen LogP contribution in [0.3, 0.4) is 0 Å². The van der Waals surface area contributed by atoms with Crippen molar-refractivity contribution in [1.29, 1.82) is 0 Å². The summed E-state index contributed by atoms with van der Waals surface area (Å²) >= 11 is 1.46. The highest BCUT2D eigenvalue weighted by Crippen LogP contribution is 2.23. The average Bonchev–Trinajstić information content (AvgIpc) is 2.27. The molecule has 0 aliphatic carbocycles. The molecule has 0 spiro atoms. The summed E-state index contributed by atoms with van der Waals surface area (Å²) in [4.78, 5) is 21.0. The van der Waals surface area contributed by atoms with Crippen LogP contribution in [0.4, 0.5) is 0 Å². The first-order valence-corrected chi connectivity index (χ1v) is 5.32. The first-order valence-electron chi connectivity index (χ1n) is 4.44. The van der Waals surface area contributed by atoms with Crippen molar-refractivity contribution in [3.05, 3.63) is 43.0 Å². The van der Waals surface area contributed by atoms with Crippen LogP contribution in [-0.2, 0) is 14.6 Å². The van der Waals surface area contributed by atoms with Gasteiger partial charge in [0.15, 0.2) is 5.44 Å². The van der Waals surface area contributed by atoms with Crippen LogP contribution >= 0.6 is 11.8 Å². The van der Waals surface area contributed by atoms with Crippen molar-refractivity contribution in [3.63, 3.8) is 0 Å². The Hall–Kier alpha value is -1.26. The lowest BCUT2D eigenvalue weighted by Crippen LogP contribution is -2.08. The lowest BCUT2D eigenvalue weighted by atomic mass is 10.4. The van der Waals surface area contributed by atoms with Crippen LogP contribution in [0, 0.1) is 0 Å². The molecule has 0 N–H and O–H groups in total. The minimum Gasteiger partial charge on any atom is -0.292 e. The zero-order valence-corrected chi connectivity index (χ0v) is 9.20. The van der Waals surface area contributed by atoms with Crippen LogP contribution in [-0.4, -0.2) is 11.4 Å². The van der Waals surface area contributed by atoms with Gasteiger partial charge in [0.2, 0.25) is 0 Å². The standard InChI is InChI=1S/C11H12O3S/c1-3-11(12)14-13-9(2)15-10-7-5-4-6-8-10/h3-9H,1H2,2H3. The molecule has 0 aromatic heterocycles. The molecule has 80 valence electrons. The number of hydrogen-bond acceptors (Lipinski definition) is 4. The van der Waals surface area contributed by atoms with Crippen LogP contribution in [0.1, 0.15) is 6.92 Å². The Balaban J connectivity index is 2.33. The Morgan fingerprint density at radius 3 is 2.73 bits per heavy atom. The first kappa shape index (κ1) is 11.8. The third-order valence-corrected chi connectivity index (χ3v) is 2.43. The maximum Gasteiger partial charge on any atom is 0.365 e. The Morgan fingerprint density at radius 2 is 2.13 bits per heavy atom. The van der Waals surface area contributed by atoms with Crippen molar-refractivity contribution >= 4 is 17.7 Å². The third kappa shape index (κ3) is 4.67. The monoisotopic (exact) mass is 224 g/mol. The van der Waals surface area contributed by atoms with E-state index in [2.05, 4.69) is 11.5 Å². The largest absolute Gasteiger partial charge is 0.365 e. The maximum absolute atomic E-state index is 10.7. The van der Waals surface area contributed by atoms with E-state index in [9.17, 15) is 4.79 Å². The van der Waals surface area contributed by atoms with Gasteiger partial charge in [-0.3, -0.25) is 4.89 Å². The third-order valence-electron chi connectivity index (χ3n) is 1.48. The van der Waals surface area contributed by atoms with E-state index in [-0.39, 0.29) is 5.44 Å². The van der Waals surface area contributed by atoms with Crippen molar-refractivity contribution < 1.29 is 14.6 Å². The minimum absolute atomic E-state index is 0.253. The van der Waals surface area contributed by atoms with E-state index >= 15 is 0 Å². The van der Waals surface area contributed by atoms with Crippen molar-refractivity contribution in [2.75, 3.05) is 0 Å². The lowest BCUT2D eigenvalue weighted by Gasteiger charge is -2.09. The van der Waals surface area contributed by atoms with Gasteiger partial charge in [0.1, 0.15) is 0 Å². The van der Waals surface area contributed by atoms with Crippen LogP contribution in [0.5, 0.6) is 0 Å². The van der Waals surface area contributed by atoms with Gasteiger partial charge in [0.05, 0.1) is 0 Å². The Morgan fingerprint density at radius 1 is 1.47 bits per heavy atom. The van der Waals surface area contributed by atoms with Crippen molar-refractivity contribution in [2.45, 2.75) is 17.3 Å². The minimum atomic E-state index is -0.587. The van der Waals surface area contributed by atoms with E-state index in [1.165, 1.54) is 11.8 Å². The number of carbonyl (C=O) groups is 1. The van der Waals surface area contributed by atoms with Gasteiger partial charge in [-0.15, -0.1) is 0 Å². The van der Waals surface area contributed by atoms with Crippen LogP contribution in [0.25, 0.3) is 0 Å². The highest BCUT2D eigenvalue weighted by atomic mass is 32.2. The molecule has 0 radical (unpaired) electrons. The predicted octanol–water partition coefficient (Wildman–Crippen LogP) is 2.79. The second kappa shape index (κ2) is 6.27. The zero-order valence-electron chi connectivity index (χ0n) is 8.38.